The first kappa shape index (κ1) is 22.6. The zero-order valence-electron chi connectivity index (χ0n) is 18.9. The van der Waals surface area contributed by atoms with Crippen molar-refractivity contribution in [3.63, 3.8) is 0 Å². The molecular formula is C25H28N4O4. The number of β-lactam (4-membered cyclic amide) rings is 1. The number of aliphatic carboxylic acids is 1. The van der Waals surface area contributed by atoms with Gasteiger partial charge < -0.3 is 14.7 Å². The number of carboxylic acids is 1. The lowest BCUT2D eigenvalue weighted by Gasteiger charge is -2.50. The van der Waals surface area contributed by atoms with Gasteiger partial charge in [0.15, 0.2) is 5.65 Å². The van der Waals surface area contributed by atoms with Gasteiger partial charge in [-0.2, -0.15) is 0 Å². The number of carbonyl (C=O) groups is 2. The van der Waals surface area contributed by atoms with Gasteiger partial charge in [0.2, 0.25) is 11.8 Å². The number of nitrogens with zero attached hydrogens (tertiary/aromatic N) is 4. The normalized spacial score (nSPS) is 18.7. The zero-order valence-corrected chi connectivity index (χ0v) is 18.9. The Morgan fingerprint density at radius 3 is 2.76 bits per heavy atom. The van der Waals surface area contributed by atoms with Gasteiger partial charge in [-0.3, -0.25) is 9.59 Å². The van der Waals surface area contributed by atoms with Crippen molar-refractivity contribution in [1.29, 1.82) is 0 Å². The van der Waals surface area contributed by atoms with Crippen LogP contribution in [0.15, 0.2) is 48.8 Å². The summed E-state index contributed by atoms with van der Waals surface area (Å²) in [5.74, 6) is -0.503. The lowest BCUT2D eigenvalue weighted by atomic mass is 9.74. The summed E-state index contributed by atoms with van der Waals surface area (Å²) in [6, 6.07) is 10.9. The van der Waals surface area contributed by atoms with E-state index in [0.29, 0.717) is 18.0 Å². The molecule has 4 rings (SSSR count). The lowest BCUT2D eigenvalue weighted by Crippen LogP contribution is -2.61. The first-order chi connectivity index (χ1) is 15.9. The van der Waals surface area contributed by atoms with E-state index in [4.69, 9.17) is 4.74 Å². The van der Waals surface area contributed by atoms with E-state index in [2.05, 4.69) is 15.0 Å². The highest BCUT2D eigenvalue weighted by atomic mass is 16.5. The molecule has 1 saturated heterocycles. The van der Waals surface area contributed by atoms with Crippen LogP contribution in [0.3, 0.4) is 0 Å². The van der Waals surface area contributed by atoms with Crippen molar-refractivity contribution in [3.05, 3.63) is 60.0 Å². The van der Waals surface area contributed by atoms with Crippen LogP contribution in [0.4, 0.5) is 0 Å². The molecule has 1 amide bonds. The Hall–Kier alpha value is -3.55. The van der Waals surface area contributed by atoms with E-state index in [1.165, 1.54) is 7.11 Å². The molecule has 4 heterocycles. The molecule has 0 aromatic carbocycles. The lowest BCUT2D eigenvalue weighted by molar-refractivity contribution is -0.165. The minimum absolute atomic E-state index is 0.00222. The quantitative estimate of drug-likeness (QED) is 0.371. The molecule has 8 heteroatoms. The standard InChI is InChI=1S/C25H28N4O4/c1-25(12-4-3-7-19-10-8-17-6-5-13-26-23(17)28-19)16-29(24(25)32)20(14-22(30)31)18-9-11-21(33-2)27-15-18/h5-6,8-11,13,15,20H,3-4,7,12,14,16H2,1-2H3,(H,30,31). The summed E-state index contributed by atoms with van der Waals surface area (Å²) in [6.07, 6.45) is 6.58. The fourth-order valence-electron chi connectivity index (χ4n) is 4.44. The van der Waals surface area contributed by atoms with Gasteiger partial charge in [0.1, 0.15) is 0 Å². The number of carbonyl (C=O) groups excluding carboxylic acids is 1. The first-order valence-corrected chi connectivity index (χ1v) is 11.1. The summed E-state index contributed by atoms with van der Waals surface area (Å²) in [5.41, 5.74) is 1.99. The highest BCUT2D eigenvalue weighted by Crippen LogP contribution is 2.42. The predicted octanol–water partition coefficient (Wildman–Crippen LogP) is 3.81. The molecule has 0 bridgehead atoms. The molecule has 1 fully saturated rings. The van der Waals surface area contributed by atoms with Crippen LogP contribution in [0.5, 0.6) is 5.88 Å². The molecule has 1 aliphatic heterocycles. The summed E-state index contributed by atoms with van der Waals surface area (Å²) >= 11 is 0. The Bertz CT molecular complexity index is 1150. The van der Waals surface area contributed by atoms with Gasteiger partial charge >= 0.3 is 5.97 Å². The maximum atomic E-state index is 13.1. The molecule has 33 heavy (non-hydrogen) atoms. The monoisotopic (exact) mass is 448 g/mol. The van der Waals surface area contributed by atoms with Gasteiger partial charge in [-0.25, -0.2) is 15.0 Å². The Labute approximate surface area is 192 Å². The van der Waals surface area contributed by atoms with Gasteiger partial charge in [0.25, 0.3) is 0 Å². The SMILES string of the molecule is COc1ccc(C(CC(=O)O)N2CC(C)(CCCCc3ccc4cccnc4n3)C2=O)cn1. The number of likely N-dealkylation sites (tertiary alicyclic amines) is 1. The number of amides is 1. The van der Waals surface area contributed by atoms with Gasteiger partial charge in [-0.05, 0) is 56.0 Å². The smallest absolute Gasteiger partial charge is 0.305 e. The third kappa shape index (κ3) is 4.94. The molecule has 0 saturated carbocycles. The molecular weight excluding hydrogens is 420 g/mol. The Morgan fingerprint density at radius 1 is 1.21 bits per heavy atom. The number of unbranched alkanes of at least 4 members (excludes halogenated alkanes) is 1. The molecule has 0 spiro atoms. The molecule has 3 aromatic heterocycles. The maximum absolute atomic E-state index is 13.1. The van der Waals surface area contributed by atoms with Crippen LogP contribution in [0.1, 0.15) is 49.9 Å². The minimum atomic E-state index is -0.949. The van der Waals surface area contributed by atoms with Crippen molar-refractivity contribution in [2.75, 3.05) is 13.7 Å². The van der Waals surface area contributed by atoms with E-state index >= 15 is 0 Å². The third-order valence-corrected chi connectivity index (χ3v) is 6.33. The summed E-state index contributed by atoms with van der Waals surface area (Å²) in [7, 11) is 1.52. The Morgan fingerprint density at radius 2 is 2.06 bits per heavy atom. The number of hydrogen-bond donors (Lipinski definition) is 1. The molecule has 2 atom stereocenters. The van der Waals surface area contributed by atoms with Crippen molar-refractivity contribution in [2.45, 2.75) is 45.1 Å². The van der Waals surface area contributed by atoms with Crippen LogP contribution in [-0.4, -0.2) is 50.5 Å². The first-order valence-electron chi connectivity index (χ1n) is 11.1. The van der Waals surface area contributed by atoms with Crippen LogP contribution in [0, 0.1) is 5.41 Å². The van der Waals surface area contributed by atoms with Crippen LogP contribution in [0.25, 0.3) is 11.0 Å². The number of aryl methyl sites for hydroxylation is 1. The van der Waals surface area contributed by atoms with Gasteiger partial charge in [-0.1, -0.05) is 12.5 Å². The fraction of sp³-hybridized carbons (Fsp3) is 0.400. The number of ether oxygens (including phenoxy) is 1. The molecule has 172 valence electrons. The van der Waals surface area contributed by atoms with E-state index in [-0.39, 0.29) is 12.3 Å². The van der Waals surface area contributed by atoms with E-state index in [9.17, 15) is 14.7 Å². The number of pyridine rings is 3. The van der Waals surface area contributed by atoms with Gasteiger partial charge in [0.05, 0.1) is 25.0 Å². The van der Waals surface area contributed by atoms with Gasteiger partial charge in [0, 0.05) is 36.1 Å². The van der Waals surface area contributed by atoms with Crippen molar-refractivity contribution in [3.8, 4) is 5.88 Å². The van der Waals surface area contributed by atoms with Crippen LogP contribution in [0.2, 0.25) is 0 Å². The average molecular weight is 449 g/mol. The van der Waals surface area contributed by atoms with Crippen molar-refractivity contribution >= 4 is 22.9 Å². The Balaban J connectivity index is 1.33. The largest absolute Gasteiger partial charge is 0.481 e. The molecule has 0 radical (unpaired) electrons. The van der Waals surface area contributed by atoms with Gasteiger partial charge in [-0.15, -0.1) is 0 Å². The number of rotatable bonds is 10. The number of methoxy groups -OCH3 is 1. The summed E-state index contributed by atoms with van der Waals surface area (Å²) < 4.78 is 5.08. The third-order valence-electron chi connectivity index (χ3n) is 6.33. The summed E-state index contributed by atoms with van der Waals surface area (Å²) in [4.78, 5) is 39.3. The van der Waals surface area contributed by atoms with E-state index in [0.717, 1.165) is 42.4 Å². The number of aromatic nitrogens is 3. The second-order valence-corrected chi connectivity index (χ2v) is 8.80. The second kappa shape index (κ2) is 9.52. The Kier molecular flexibility index (Phi) is 6.53. The molecule has 2 unspecified atom stereocenters. The molecule has 1 aliphatic rings. The molecule has 8 nitrogen and oxygen atoms in total. The van der Waals surface area contributed by atoms with Crippen LogP contribution in [-0.2, 0) is 16.0 Å². The number of carboxylic acid groups (broad SMARTS) is 1. The topological polar surface area (TPSA) is 106 Å². The maximum Gasteiger partial charge on any atom is 0.305 e. The van der Waals surface area contributed by atoms with Crippen LogP contribution < -0.4 is 4.74 Å². The molecule has 0 aliphatic carbocycles. The number of hydrogen-bond acceptors (Lipinski definition) is 6. The van der Waals surface area contributed by atoms with Crippen molar-refractivity contribution < 1.29 is 19.4 Å². The van der Waals surface area contributed by atoms with Crippen molar-refractivity contribution in [2.24, 2.45) is 5.41 Å². The molecule has 1 N–H and O–H groups in total. The predicted molar refractivity (Wildman–Crippen MR) is 123 cm³/mol. The highest BCUT2D eigenvalue weighted by Gasteiger charge is 2.50. The summed E-state index contributed by atoms with van der Waals surface area (Å²) in [6.45, 7) is 2.50. The van der Waals surface area contributed by atoms with E-state index in [1.54, 1.807) is 29.4 Å². The van der Waals surface area contributed by atoms with Crippen molar-refractivity contribution in [1.82, 2.24) is 19.9 Å². The van der Waals surface area contributed by atoms with Crippen LogP contribution >= 0.6 is 0 Å². The fourth-order valence-corrected chi connectivity index (χ4v) is 4.44. The summed E-state index contributed by atoms with van der Waals surface area (Å²) in [5, 5.41) is 10.4. The van der Waals surface area contributed by atoms with E-state index in [1.807, 2.05) is 31.2 Å². The number of fused-ring (bicyclic) bond motifs is 1. The zero-order chi connectivity index (χ0) is 23.4. The average Bonchev–Trinajstić information content (AvgIpc) is 2.83. The second-order valence-electron chi connectivity index (χ2n) is 8.80. The van der Waals surface area contributed by atoms with E-state index < -0.39 is 17.4 Å². The molecule has 3 aromatic rings. The minimum Gasteiger partial charge on any atom is -0.481 e. The highest BCUT2D eigenvalue weighted by molar-refractivity contribution is 5.89.